The number of hydrogen-bond acceptors (Lipinski definition) is 2. The zero-order valence-electron chi connectivity index (χ0n) is 8.18. The lowest BCUT2D eigenvalue weighted by atomic mass is 9.97. The van der Waals surface area contributed by atoms with Crippen LogP contribution in [-0.2, 0) is 0 Å². The first kappa shape index (κ1) is 10.3. The molecule has 68 valence electrons. The molecule has 0 N–H and O–H groups in total. The van der Waals surface area contributed by atoms with Crippen molar-refractivity contribution in [3.63, 3.8) is 0 Å². The van der Waals surface area contributed by atoms with E-state index < -0.39 is 0 Å². The predicted octanol–water partition coefficient (Wildman–Crippen LogP) is 4.02. The van der Waals surface area contributed by atoms with Crippen molar-refractivity contribution in [3.8, 4) is 0 Å². The summed E-state index contributed by atoms with van der Waals surface area (Å²) in [7, 11) is 0. The van der Waals surface area contributed by atoms with Crippen LogP contribution in [0.25, 0.3) is 0 Å². The van der Waals surface area contributed by atoms with Gasteiger partial charge in [0.25, 0.3) is 0 Å². The molecule has 0 saturated heterocycles. The molecule has 1 aliphatic rings. The Hall–Kier alpha value is 0.180. The van der Waals surface area contributed by atoms with Crippen LogP contribution in [0, 0.1) is 11.8 Å². The van der Waals surface area contributed by atoms with Gasteiger partial charge in [-0.25, -0.2) is 0 Å². The zero-order chi connectivity index (χ0) is 9.30. The molecule has 0 aromatic rings. The topological polar surface area (TPSA) is 0 Å². The van der Waals surface area contributed by atoms with Gasteiger partial charge in [-0.2, -0.15) is 0 Å². The Morgan fingerprint density at radius 3 is 2.08 bits per heavy atom. The summed E-state index contributed by atoms with van der Waals surface area (Å²) in [6, 6.07) is 0. The van der Waals surface area contributed by atoms with E-state index in [1.807, 2.05) is 11.8 Å². The second kappa shape index (κ2) is 3.93. The standard InChI is InChI=1S/C10H16S2/c1-6(2)8-5-9(11)12-10(8)7(3)4/h6-7H,5H2,1-4H3. The number of rotatable bonds is 2. The zero-order valence-corrected chi connectivity index (χ0v) is 9.81. The summed E-state index contributed by atoms with van der Waals surface area (Å²) in [6.45, 7) is 9.01. The van der Waals surface area contributed by atoms with Crippen LogP contribution in [0.3, 0.4) is 0 Å². The van der Waals surface area contributed by atoms with E-state index in [0.717, 1.165) is 10.6 Å². The molecule has 0 bridgehead atoms. The average Bonchev–Trinajstić information content (AvgIpc) is 2.31. The molecule has 0 aromatic carbocycles. The first-order valence-corrected chi connectivity index (χ1v) is 5.68. The van der Waals surface area contributed by atoms with Gasteiger partial charge in [0.1, 0.15) is 0 Å². The Morgan fingerprint density at radius 1 is 1.17 bits per heavy atom. The summed E-state index contributed by atoms with van der Waals surface area (Å²) in [4.78, 5) is 1.52. The quantitative estimate of drug-likeness (QED) is 0.618. The highest BCUT2D eigenvalue weighted by molar-refractivity contribution is 8.26. The smallest absolute Gasteiger partial charge is 0.0564 e. The second-order valence-electron chi connectivity index (χ2n) is 3.85. The summed E-state index contributed by atoms with van der Waals surface area (Å²) in [5.41, 5.74) is 1.57. The molecule has 0 radical (unpaired) electrons. The molecule has 0 saturated carbocycles. The fourth-order valence-electron chi connectivity index (χ4n) is 1.44. The number of thioether (sulfide) groups is 1. The van der Waals surface area contributed by atoms with Gasteiger partial charge < -0.3 is 0 Å². The summed E-state index contributed by atoms with van der Waals surface area (Å²) >= 11 is 7.05. The van der Waals surface area contributed by atoms with Gasteiger partial charge in [-0.3, -0.25) is 0 Å². The minimum absolute atomic E-state index is 0.646. The molecular formula is C10H16S2. The number of thiocarbonyl (C=S) groups is 1. The SMILES string of the molecule is CC(C)C1=C(C(C)C)SC(=S)C1. The van der Waals surface area contributed by atoms with Crippen molar-refractivity contribution in [3.05, 3.63) is 10.5 Å². The van der Waals surface area contributed by atoms with E-state index in [2.05, 4.69) is 27.7 Å². The average molecular weight is 200 g/mol. The van der Waals surface area contributed by atoms with Crippen molar-refractivity contribution >= 4 is 28.2 Å². The molecule has 1 heterocycles. The van der Waals surface area contributed by atoms with E-state index in [9.17, 15) is 0 Å². The number of hydrogen-bond donors (Lipinski definition) is 0. The predicted molar refractivity (Wildman–Crippen MR) is 61.5 cm³/mol. The molecule has 0 aromatic heterocycles. The van der Waals surface area contributed by atoms with Crippen LogP contribution in [0.4, 0.5) is 0 Å². The Kier molecular flexibility index (Phi) is 3.36. The molecule has 0 aliphatic carbocycles. The maximum absolute atomic E-state index is 5.23. The fraction of sp³-hybridized carbons (Fsp3) is 0.700. The molecule has 1 rings (SSSR count). The Bertz CT molecular complexity index is 202. The molecule has 1 aliphatic heterocycles. The third kappa shape index (κ3) is 2.11. The van der Waals surface area contributed by atoms with Crippen molar-refractivity contribution in [2.75, 3.05) is 0 Å². The molecule has 0 amide bonds. The van der Waals surface area contributed by atoms with Crippen molar-refractivity contribution in [2.45, 2.75) is 34.1 Å². The van der Waals surface area contributed by atoms with E-state index in [1.165, 1.54) is 4.91 Å². The van der Waals surface area contributed by atoms with Crippen LogP contribution in [0.1, 0.15) is 34.1 Å². The van der Waals surface area contributed by atoms with E-state index in [-0.39, 0.29) is 0 Å². The van der Waals surface area contributed by atoms with E-state index >= 15 is 0 Å². The normalized spacial score (nSPS) is 18.7. The minimum atomic E-state index is 0.646. The highest BCUT2D eigenvalue weighted by atomic mass is 32.2. The fourth-order valence-corrected chi connectivity index (χ4v) is 3.02. The lowest BCUT2D eigenvalue weighted by molar-refractivity contribution is 0.716. The van der Waals surface area contributed by atoms with Gasteiger partial charge in [0, 0.05) is 6.42 Å². The van der Waals surface area contributed by atoms with Crippen LogP contribution >= 0.6 is 24.0 Å². The molecule has 0 nitrogen and oxygen atoms in total. The summed E-state index contributed by atoms with van der Waals surface area (Å²) < 4.78 is 1.16. The molecule has 12 heavy (non-hydrogen) atoms. The van der Waals surface area contributed by atoms with Crippen LogP contribution in [0.2, 0.25) is 0 Å². The van der Waals surface area contributed by atoms with Gasteiger partial charge in [-0.1, -0.05) is 57.2 Å². The van der Waals surface area contributed by atoms with Gasteiger partial charge in [0.15, 0.2) is 0 Å². The van der Waals surface area contributed by atoms with Gasteiger partial charge >= 0.3 is 0 Å². The summed E-state index contributed by atoms with van der Waals surface area (Å²) in [5, 5.41) is 0. The van der Waals surface area contributed by atoms with Crippen molar-refractivity contribution < 1.29 is 0 Å². The van der Waals surface area contributed by atoms with Crippen molar-refractivity contribution in [2.24, 2.45) is 11.8 Å². The van der Waals surface area contributed by atoms with Crippen LogP contribution in [0.15, 0.2) is 10.5 Å². The molecule has 0 fully saturated rings. The van der Waals surface area contributed by atoms with E-state index in [4.69, 9.17) is 12.2 Å². The largest absolute Gasteiger partial charge is 0.0866 e. The lowest BCUT2D eigenvalue weighted by Crippen LogP contribution is -1.97. The molecular weight excluding hydrogens is 184 g/mol. The highest BCUT2D eigenvalue weighted by Crippen LogP contribution is 2.41. The van der Waals surface area contributed by atoms with E-state index in [0.29, 0.717) is 11.8 Å². The third-order valence-electron chi connectivity index (χ3n) is 2.10. The second-order valence-corrected chi connectivity index (χ2v) is 5.74. The maximum atomic E-state index is 5.23. The van der Waals surface area contributed by atoms with Crippen molar-refractivity contribution in [1.29, 1.82) is 0 Å². The summed E-state index contributed by atoms with van der Waals surface area (Å²) in [6.07, 6.45) is 1.05. The molecule has 0 spiro atoms. The van der Waals surface area contributed by atoms with Gasteiger partial charge in [-0.05, 0) is 16.7 Å². The highest BCUT2D eigenvalue weighted by Gasteiger charge is 2.23. The third-order valence-corrected chi connectivity index (χ3v) is 3.82. The van der Waals surface area contributed by atoms with Crippen molar-refractivity contribution in [1.82, 2.24) is 0 Å². The number of allylic oxidation sites excluding steroid dienone is 2. The Morgan fingerprint density at radius 2 is 1.75 bits per heavy atom. The van der Waals surface area contributed by atoms with Gasteiger partial charge in [0.2, 0.25) is 0 Å². The summed E-state index contributed by atoms with van der Waals surface area (Å²) in [5.74, 6) is 1.31. The van der Waals surface area contributed by atoms with Crippen LogP contribution in [-0.4, -0.2) is 4.20 Å². The molecule has 0 unspecified atom stereocenters. The first-order chi connectivity index (χ1) is 5.52. The molecule has 2 heteroatoms. The molecule has 0 atom stereocenters. The minimum Gasteiger partial charge on any atom is -0.0866 e. The van der Waals surface area contributed by atoms with E-state index in [1.54, 1.807) is 5.57 Å². The first-order valence-electron chi connectivity index (χ1n) is 4.46. The monoisotopic (exact) mass is 200 g/mol. The lowest BCUT2D eigenvalue weighted by Gasteiger charge is -2.11. The Balaban J connectivity index is 2.88. The Labute approximate surface area is 84.8 Å². The maximum Gasteiger partial charge on any atom is 0.0564 e. The van der Waals surface area contributed by atoms with Gasteiger partial charge in [-0.15, -0.1) is 0 Å². The van der Waals surface area contributed by atoms with Gasteiger partial charge in [0.05, 0.1) is 4.20 Å². The van der Waals surface area contributed by atoms with Crippen LogP contribution < -0.4 is 0 Å². The van der Waals surface area contributed by atoms with Crippen LogP contribution in [0.5, 0.6) is 0 Å².